The van der Waals surface area contributed by atoms with Crippen LogP contribution in [0.3, 0.4) is 0 Å². The van der Waals surface area contributed by atoms with E-state index in [2.05, 4.69) is 62.3 Å². The number of nitrogens with one attached hydrogen (secondary N) is 1. The van der Waals surface area contributed by atoms with Crippen molar-refractivity contribution in [3.63, 3.8) is 0 Å². The zero-order valence-electron chi connectivity index (χ0n) is 13.0. The van der Waals surface area contributed by atoms with Crippen LogP contribution in [0.2, 0.25) is 0 Å². The fourth-order valence-corrected chi connectivity index (χ4v) is 2.15. The van der Waals surface area contributed by atoms with Crippen LogP contribution in [0.1, 0.15) is 36.5 Å². The van der Waals surface area contributed by atoms with Gasteiger partial charge in [-0.1, -0.05) is 31.5 Å². The number of hydrogen-bond acceptors (Lipinski definition) is 3. The van der Waals surface area contributed by atoms with Crippen molar-refractivity contribution in [1.82, 2.24) is 15.3 Å². The number of aromatic nitrogens is 2. The summed E-state index contributed by atoms with van der Waals surface area (Å²) >= 11 is 0. The Morgan fingerprint density at radius 1 is 1.05 bits per heavy atom. The van der Waals surface area contributed by atoms with Crippen molar-refractivity contribution in [1.29, 1.82) is 0 Å². The molecule has 1 aromatic heterocycles. The Morgan fingerprint density at radius 3 is 2.50 bits per heavy atom. The maximum atomic E-state index is 4.70. The Bertz CT molecular complexity index is 603. The van der Waals surface area contributed by atoms with E-state index in [1.54, 1.807) is 0 Å². The Balaban J connectivity index is 2.38. The van der Waals surface area contributed by atoms with E-state index in [1.165, 1.54) is 16.7 Å². The Kier molecular flexibility index (Phi) is 4.50. The summed E-state index contributed by atoms with van der Waals surface area (Å²) < 4.78 is 0. The van der Waals surface area contributed by atoms with Gasteiger partial charge in [-0.25, -0.2) is 9.97 Å². The molecule has 0 atom stereocenters. The van der Waals surface area contributed by atoms with Gasteiger partial charge in [-0.15, -0.1) is 0 Å². The first kappa shape index (κ1) is 14.7. The summed E-state index contributed by atoms with van der Waals surface area (Å²) in [5, 5.41) is 3.37. The molecular formula is C17H23N3. The topological polar surface area (TPSA) is 37.8 Å². The van der Waals surface area contributed by atoms with Crippen molar-refractivity contribution in [2.24, 2.45) is 0 Å². The molecule has 0 aliphatic carbocycles. The lowest BCUT2D eigenvalue weighted by molar-refractivity contribution is 0.571. The first-order valence-electron chi connectivity index (χ1n) is 7.11. The highest BCUT2D eigenvalue weighted by molar-refractivity contribution is 5.64. The highest BCUT2D eigenvalue weighted by atomic mass is 15.0. The molecule has 0 saturated heterocycles. The van der Waals surface area contributed by atoms with E-state index >= 15 is 0 Å². The van der Waals surface area contributed by atoms with E-state index < -0.39 is 0 Å². The predicted octanol–water partition coefficient (Wildman–Crippen LogP) is 3.57. The smallest absolute Gasteiger partial charge is 0.143 e. The largest absolute Gasteiger partial charge is 0.308 e. The van der Waals surface area contributed by atoms with Crippen LogP contribution in [-0.4, -0.2) is 16.0 Å². The average molecular weight is 269 g/mol. The molecule has 3 heteroatoms. The van der Waals surface area contributed by atoms with Crippen molar-refractivity contribution in [3.05, 3.63) is 46.9 Å². The van der Waals surface area contributed by atoms with Crippen LogP contribution in [0.15, 0.2) is 24.3 Å². The molecule has 0 saturated carbocycles. The molecule has 0 unspecified atom stereocenters. The molecule has 2 rings (SSSR count). The number of rotatable bonds is 4. The van der Waals surface area contributed by atoms with Crippen molar-refractivity contribution < 1.29 is 0 Å². The van der Waals surface area contributed by atoms with Crippen molar-refractivity contribution >= 4 is 0 Å². The summed E-state index contributed by atoms with van der Waals surface area (Å²) in [4.78, 5) is 9.21. The van der Waals surface area contributed by atoms with Crippen molar-refractivity contribution in [3.8, 4) is 11.3 Å². The molecule has 2 aromatic rings. The van der Waals surface area contributed by atoms with E-state index in [-0.39, 0.29) is 0 Å². The summed E-state index contributed by atoms with van der Waals surface area (Å²) in [6.45, 7) is 11.2. The lowest BCUT2D eigenvalue weighted by Gasteiger charge is -2.11. The van der Waals surface area contributed by atoms with E-state index in [1.807, 2.05) is 6.92 Å². The number of aryl methyl sites for hydroxylation is 3. The highest BCUT2D eigenvalue weighted by Crippen LogP contribution is 2.23. The molecule has 0 aliphatic rings. The highest BCUT2D eigenvalue weighted by Gasteiger charge is 2.08. The average Bonchev–Trinajstić information content (AvgIpc) is 2.38. The second kappa shape index (κ2) is 6.14. The quantitative estimate of drug-likeness (QED) is 0.922. The molecule has 0 amide bonds. The first-order chi connectivity index (χ1) is 9.45. The predicted molar refractivity (Wildman–Crippen MR) is 83.7 cm³/mol. The van der Waals surface area contributed by atoms with E-state index in [9.17, 15) is 0 Å². The van der Waals surface area contributed by atoms with Gasteiger partial charge in [0.25, 0.3) is 0 Å². The maximum Gasteiger partial charge on any atom is 0.143 e. The van der Waals surface area contributed by atoms with Gasteiger partial charge in [0.15, 0.2) is 0 Å². The minimum Gasteiger partial charge on any atom is -0.308 e. The van der Waals surface area contributed by atoms with E-state index in [0.29, 0.717) is 12.6 Å². The summed E-state index contributed by atoms with van der Waals surface area (Å²) in [6, 6.07) is 8.96. The lowest BCUT2D eigenvalue weighted by Crippen LogP contribution is -2.23. The van der Waals surface area contributed by atoms with E-state index in [0.717, 1.165) is 17.2 Å². The van der Waals surface area contributed by atoms with Crippen LogP contribution >= 0.6 is 0 Å². The van der Waals surface area contributed by atoms with Crippen molar-refractivity contribution in [2.45, 2.75) is 47.2 Å². The third-order valence-corrected chi connectivity index (χ3v) is 3.24. The van der Waals surface area contributed by atoms with Gasteiger partial charge in [0.2, 0.25) is 0 Å². The minimum absolute atomic E-state index is 0.434. The van der Waals surface area contributed by atoms with Crippen LogP contribution in [0.5, 0.6) is 0 Å². The third kappa shape index (κ3) is 3.64. The van der Waals surface area contributed by atoms with Crippen LogP contribution < -0.4 is 5.32 Å². The fraction of sp³-hybridized carbons (Fsp3) is 0.412. The summed E-state index contributed by atoms with van der Waals surface area (Å²) in [5.74, 6) is 0.856. The van der Waals surface area contributed by atoms with Crippen LogP contribution in [-0.2, 0) is 6.54 Å². The molecule has 0 fully saturated rings. The molecule has 20 heavy (non-hydrogen) atoms. The molecule has 3 nitrogen and oxygen atoms in total. The summed E-state index contributed by atoms with van der Waals surface area (Å²) in [7, 11) is 0. The van der Waals surface area contributed by atoms with Gasteiger partial charge in [-0.3, -0.25) is 0 Å². The molecule has 0 bridgehead atoms. The first-order valence-corrected chi connectivity index (χ1v) is 7.11. The Hall–Kier alpha value is -1.74. The molecule has 1 N–H and O–H groups in total. The normalized spacial score (nSPS) is 11.1. The van der Waals surface area contributed by atoms with Crippen LogP contribution in [0.4, 0.5) is 0 Å². The third-order valence-electron chi connectivity index (χ3n) is 3.24. The standard InChI is InChI=1S/C17H23N3/c1-11(2)18-10-17-19-14(5)9-16(20-17)15-8-12(3)6-7-13(15)4/h6-9,11,18H,10H2,1-5H3. The molecular weight excluding hydrogens is 246 g/mol. The lowest BCUT2D eigenvalue weighted by atomic mass is 10.0. The number of nitrogens with zero attached hydrogens (tertiary/aromatic N) is 2. The molecule has 1 heterocycles. The molecule has 0 spiro atoms. The fourth-order valence-electron chi connectivity index (χ4n) is 2.15. The molecule has 0 radical (unpaired) electrons. The molecule has 1 aromatic carbocycles. The molecule has 106 valence electrons. The maximum absolute atomic E-state index is 4.70. The second-order valence-electron chi connectivity index (χ2n) is 5.66. The Morgan fingerprint density at radius 2 is 1.80 bits per heavy atom. The SMILES string of the molecule is Cc1ccc(C)c(-c2cc(C)nc(CNC(C)C)n2)c1. The van der Waals surface area contributed by atoms with Gasteiger partial charge in [0.1, 0.15) is 5.82 Å². The van der Waals surface area contributed by atoms with E-state index in [4.69, 9.17) is 4.98 Å². The Labute approximate surface area is 121 Å². The van der Waals surface area contributed by atoms with Gasteiger partial charge in [0.05, 0.1) is 12.2 Å². The zero-order valence-corrected chi connectivity index (χ0v) is 13.0. The van der Waals surface area contributed by atoms with Gasteiger partial charge >= 0.3 is 0 Å². The van der Waals surface area contributed by atoms with Gasteiger partial charge in [0, 0.05) is 17.3 Å². The van der Waals surface area contributed by atoms with Crippen LogP contribution in [0.25, 0.3) is 11.3 Å². The monoisotopic (exact) mass is 269 g/mol. The summed E-state index contributed by atoms with van der Waals surface area (Å²) in [6.07, 6.45) is 0. The molecule has 0 aliphatic heterocycles. The zero-order chi connectivity index (χ0) is 14.7. The van der Waals surface area contributed by atoms with Crippen LogP contribution in [0, 0.1) is 20.8 Å². The van der Waals surface area contributed by atoms with Gasteiger partial charge < -0.3 is 5.32 Å². The minimum atomic E-state index is 0.434. The number of hydrogen-bond donors (Lipinski definition) is 1. The van der Waals surface area contributed by atoms with Gasteiger partial charge in [-0.05, 0) is 38.5 Å². The second-order valence-corrected chi connectivity index (χ2v) is 5.66. The summed E-state index contributed by atoms with van der Waals surface area (Å²) in [5.41, 5.74) is 5.72. The van der Waals surface area contributed by atoms with Gasteiger partial charge in [-0.2, -0.15) is 0 Å². The number of benzene rings is 1. The van der Waals surface area contributed by atoms with Crippen molar-refractivity contribution in [2.75, 3.05) is 0 Å².